The Balaban J connectivity index is 1.54. The van der Waals surface area contributed by atoms with Crippen LogP contribution in [0.3, 0.4) is 0 Å². The quantitative estimate of drug-likeness (QED) is 0.747. The Hall–Kier alpha value is -1.63. The zero-order chi connectivity index (χ0) is 16.6. The molecule has 3 fully saturated rings. The van der Waals surface area contributed by atoms with Crippen molar-refractivity contribution in [3.8, 4) is 0 Å². The van der Waals surface area contributed by atoms with Crippen LogP contribution >= 0.6 is 0 Å². The number of amides is 3. The van der Waals surface area contributed by atoms with Crippen LogP contribution in [0.25, 0.3) is 0 Å². The van der Waals surface area contributed by atoms with Crippen molar-refractivity contribution in [1.29, 1.82) is 0 Å². The minimum atomic E-state index is -0.334. The van der Waals surface area contributed by atoms with E-state index in [1.54, 1.807) is 19.1 Å². The molecule has 1 atom stereocenters. The van der Waals surface area contributed by atoms with Crippen molar-refractivity contribution in [3.05, 3.63) is 0 Å². The summed E-state index contributed by atoms with van der Waals surface area (Å²) in [6.45, 7) is 2.11. The molecule has 7 nitrogen and oxygen atoms in total. The number of nitrogens with zero attached hydrogens (tertiary/aromatic N) is 2. The highest BCUT2D eigenvalue weighted by Gasteiger charge is 2.51. The second kappa shape index (κ2) is 6.11. The van der Waals surface area contributed by atoms with Gasteiger partial charge >= 0.3 is 0 Å². The first-order chi connectivity index (χ1) is 11.0. The lowest BCUT2D eigenvalue weighted by Gasteiger charge is -2.50. The molecule has 0 aromatic carbocycles. The van der Waals surface area contributed by atoms with E-state index < -0.39 is 0 Å². The number of hydrogen-bond acceptors (Lipinski definition) is 4. The molecule has 2 saturated heterocycles. The van der Waals surface area contributed by atoms with Gasteiger partial charge in [-0.15, -0.1) is 0 Å². The highest BCUT2D eigenvalue weighted by Crippen LogP contribution is 2.43. The molecule has 0 aromatic heterocycles. The standard InChI is InChI=1S/C16H25N3O4/c1-17-14(21)11-6-13(20)19(7-11)12-8-18(9-12)15(22)16(10-23-2)4-3-5-16/h11-12H,3-10H2,1-2H3,(H,17,21). The summed E-state index contributed by atoms with van der Waals surface area (Å²) in [4.78, 5) is 40.1. The predicted molar refractivity (Wildman–Crippen MR) is 82.4 cm³/mol. The second-order valence-corrected chi connectivity index (χ2v) is 6.99. The van der Waals surface area contributed by atoms with E-state index in [9.17, 15) is 14.4 Å². The maximum atomic E-state index is 12.7. The van der Waals surface area contributed by atoms with Crippen molar-refractivity contribution in [3.63, 3.8) is 0 Å². The summed E-state index contributed by atoms with van der Waals surface area (Å²) < 4.78 is 5.23. The largest absolute Gasteiger partial charge is 0.384 e. The van der Waals surface area contributed by atoms with E-state index in [2.05, 4.69) is 5.32 Å². The van der Waals surface area contributed by atoms with Gasteiger partial charge in [0.25, 0.3) is 0 Å². The third kappa shape index (κ3) is 2.71. The molecular formula is C16H25N3O4. The topological polar surface area (TPSA) is 79.0 Å². The van der Waals surface area contributed by atoms with Crippen LogP contribution in [0.4, 0.5) is 0 Å². The number of ether oxygens (including phenoxy) is 1. The molecule has 128 valence electrons. The molecule has 7 heteroatoms. The van der Waals surface area contributed by atoms with Crippen molar-refractivity contribution < 1.29 is 19.1 Å². The van der Waals surface area contributed by atoms with Crippen molar-refractivity contribution in [2.45, 2.75) is 31.7 Å². The minimum Gasteiger partial charge on any atom is -0.384 e. The molecule has 0 bridgehead atoms. The summed E-state index contributed by atoms with van der Waals surface area (Å²) >= 11 is 0. The highest BCUT2D eigenvalue weighted by molar-refractivity contribution is 5.90. The first kappa shape index (κ1) is 16.2. The molecule has 1 unspecified atom stereocenters. The third-order valence-electron chi connectivity index (χ3n) is 5.55. The molecular weight excluding hydrogens is 298 g/mol. The number of carbonyl (C=O) groups excluding carboxylic acids is 3. The number of carbonyl (C=O) groups is 3. The van der Waals surface area contributed by atoms with E-state index in [-0.39, 0.29) is 41.5 Å². The van der Waals surface area contributed by atoms with Crippen molar-refractivity contribution in [2.75, 3.05) is 40.4 Å². The Morgan fingerprint density at radius 2 is 2.00 bits per heavy atom. The zero-order valence-electron chi connectivity index (χ0n) is 13.8. The Morgan fingerprint density at radius 1 is 1.30 bits per heavy atom. The molecule has 23 heavy (non-hydrogen) atoms. The van der Waals surface area contributed by atoms with Crippen LogP contribution in [0, 0.1) is 11.3 Å². The van der Waals surface area contributed by atoms with E-state index in [1.165, 1.54) is 0 Å². The molecule has 0 spiro atoms. The minimum absolute atomic E-state index is 0.0194. The monoisotopic (exact) mass is 323 g/mol. The van der Waals surface area contributed by atoms with Crippen LogP contribution < -0.4 is 5.32 Å². The summed E-state index contributed by atoms with van der Waals surface area (Å²) in [5, 5.41) is 2.60. The number of nitrogens with one attached hydrogen (secondary N) is 1. The lowest BCUT2D eigenvalue weighted by atomic mass is 9.68. The fourth-order valence-electron chi connectivity index (χ4n) is 3.92. The van der Waals surface area contributed by atoms with Crippen LogP contribution in [0.15, 0.2) is 0 Å². The first-order valence-corrected chi connectivity index (χ1v) is 8.30. The Kier molecular flexibility index (Phi) is 4.31. The molecule has 0 aromatic rings. The van der Waals surface area contributed by atoms with Crippen LogP contribution in [0.5, 0.6) is 0 Å². The van der Waals surface area contributed by atoms with Gasteiger partial charge in [0.15, 0.2) is 0 Å². The molecule has 2 heterocycles. The van der Waals surface area contributed by atoms with Gasteiger partial charge in [-0.3, -0.25) is 14.4 Å². The number of methoxy groups -OCH3 is 1. The van der Waals surface area contributed by atoms with E-state index in [4.69, 9.17) is 4.74 Å². The predicted octanol–water partition coefficient (Wildman–Crippen LogP) is -0.392. The summed E-state index contributed by atoms with van der Waals surface area (Å²) in [6, 6.07) is 0.0563. The smallest absolute Gasteiger partial charge is 0.231 e. The molecule has 3 aliphatic rings. The van der Waals surface area contributed by atoms with Gasteiger partial charge in [-0.1, -0.05) is 6.42 Å². The fourth-order valence-corrected chi connectivity index (χ4v) is 3.92. The van der Waals surface area contributed by atoms with Gasteiger partial charge in [0.05, 0.1) is 24.0 Å². The number of hydrogen-bond donors (Lipinski definition) is 1. The summed E-state index contributed by atoms with van der Waals surface area (Å²) in [6.07, 6.45) is 3.13. The summed E-state index contributed by atoms with van der Waals surface area (Å²) in [5.41, 5.74) is -0.334. The Bertz CT molecular complexity index is 511. The fraction of sp³-hybridized carbons (Fsp3) is 0.812. The number of likely N-dealkylation sites (tertiary alicyclic amines) is 2. The Labute approximate surface area is 136 Å². The maximum absolute atomic E-state index is 12.7. The van der Waals surface area contributed by atoms with E-state index >= 15 is 0 Å². The average molecular weight is 323 g/mol. The molecule has 2 aliphatic heterocycles. The van der Waals surface area contributed by atoms with Gasteiger partial charge in [-0.25, -0.2) is 0 Å². The average Bonchev–Trinajstić information content (AvgIpc) is 2.82. The lowest BCUT2D eigenvalue weighted by molar-refractivity contribution is -0.161. The highest BCUT2D eigenvalue weighted by atomic mass is 16.5. The van der Waals surface area contributed by atoms with E-state index in [1.807, 2.05) is 4.90 Å². The van der Waals surface area contributed by atoms with Gasteiger partial charge in [-0.05, 0) is 12.8 Å². The van der Waals surface area contributed by atoms with Crippen LogP contribution in [-0.2, 0) is 19.1 Å². The lowest BCUT2D eigenvalue weighted by Crippen LogP contribution is -2.65. The van der Waals surface area contributed by atoms with Crippen LogP contribution in [0.2, 0.25) is 0 Å². The number of rotatable bonds is 5. The van der Waals surface area contributed by atoms with E-state index in [0.29, 0.717) is 26.2 Å². The second-order valence-electron chi connectivity index (χ2n) is 6.99. The third-order valence-corrected chi connectivity index (χ3v) is 5.55. The molecule has 1 aliphatic carbocycles. The molecule has 3 amide bonds. The van der Waals surface area contributed by atoms with Gasteiger partial charge in [0, 0.05) is 40.2 Å². The molecule has 1 saturated carbocycles. The Morgan fingerprint density at radius 3 is 2.52 bits per heavy atom. The van der Waals surface area contributed by atoms with Crippen molar-refractivity contribution >= 4 is 17.7 Å². The van der Waals surface area contributed by atoms with Crippen LogP contribution in [0.1, 0.15) is 25.7 Å². The summed E-state index contributed by atoms with van der Waals surface area (Å²) in [7, 11) is 3.22. The van der Waals surface area contributed by atoms with Gasteiger partial charge in [-0.2, -0.15) is 0 Å². The van der Waals surface area contributed by atoms with Gasteiger partial charge in [0.2, 0.25) is 17.7 Å². The molecule has 0 radical (unpaired) electrons. The first-order valence-electron chi connectivity index (χ1n) is 8.30. The van der Waals surface area contributed by atoms with Crippen molar-refractivity contribution in [2.24, 2.45) is 11.3 Å². The van der Waals surface area contributed by atoms with Gasteiger partial charge in [0.1, 0.15) is 0 Å². The van der Waals surface area contributed by atoms with E-state index in [0.717, 1.165) is 19.3 Å². The normalized spacial score (nSPS) is 26.7. The maximum Gasteiger partial charge on any atom is 0.231 e. The molecule has 3 rings (SSSR count). The van der Waals surface area contributed by atoms with Crippen molar-refractivity contribution in [1.82, 2.24) is 15.1 Å². The SMILES string of the molecule is CNC(=O)C1CC(=O)N(C2CN(C(=O)C3(COC)CCC3)C2)C1. The molecule has 1 N–H and O–H groups in total. The van der Waals surface area contributed by atoms with Gasteiger partial charge < -0.3 is 19.9 Å². The zero-order valence-corrected chi connectivity index (χ0v) is 13.8. The van der Waals surface area contributed by atoms with Crippen LogP contribution in [-0.4, -0.2) is 74.0 Å². The summed E-state index contributed by atoms with van der Waals surface area (Å²) in [5.74, 6) is -0.160.